The summed E-state index contributed by atoms with van der Waals surface area (Å²) in [4.78, 5) is 12.1. The average Bonchev–Trinajstić information content (AvgIpc) is 2.36. The summed E-state index contributed by atoms with van der Waals surface area (Å²) in [6.07, 6.45) is 1.17. The molecule has 0 bridgehead atoms. The van der Waals surface area contributed by atoms with E-state index in [1.807, 2.05) is 52.0 Å². The molecule has 0 aliphatic rings. The lowest BCUT2D eigenvalue weighted by Gasteiger charge is -2.27. The van der Waals surface area contributed by atoms with Crippen LogP contribution in [0.3, 0.4) is 0 Å². The maximum absolute atomic E-state index is 12.1. The van der Waals surface area contributed by atoms with Crippen molar-refractivity contribution in [1.82, 2.24) is 5.32 Å². The largest absolute Gasteiger partial charge is 0.349 e. The molecule has 112 valence electrons. The molecule has 3 N–H and O–H groups in total. The van der Waals surface area contributed by atoms with Crippen molar-refractivity contribution in [2.45, 2.75) is 52.6 Å². The van der Waals surface area contributed by atoms with Crippen molar-refractivity contribution in [3.8, 4) is 0 Å². The van der Waals surface area contributed by atoms with Gasteiger partial charge in [0.15, 0.2) is 0 Å². The summed E-state index contributed by atoms with van der Waals surface area (Å²) in [7, 11) is 0. The minimum absolute atomic E-state index is 0.00535. The molecule has 0 aromatic heterocycles. The van der Waals surface area contributed by atoms with Gasteiger partial charge >= 0.3 is 0 Å². The van der Waals surface area contributed by atoms with Crippen LogP contribution < -0.4 is 11.1 Å². The molecule has 4 heteroatoms. The fourth-order valence-electron chi connectivity index (χ4n) is 1.88. The van der Waals surface area contributed by atoms with Crippen LogP contribution >= 0.6 is 11.6 Å². The van der Waals surface area contributed by atoms with E-state index in [9.17, 15) is 4.79 Å². The molecule has 1 aromatic rings. The summed E-state index contributed by atoms with van der Waals surface area (Å²) in [5.74, 6) is -0.00535. The molecular weight excluding hydrogens is 272 g/mol. The first-order chi connectivity index (χ1) is 9.24. The molecule has 1 amide bonds. The van der Waals surface area contributed by atoms with Crippen LogP contribution in [-0.4, -0.2) is 11.9 Å². The van der Waals surface area contributed by atoms with Crippen molar-refractivity contribution < 1.29 is 4.79 Å². The predicted octanol–water partition coefficient (Wildman–Crippen LogP) is 3.67. The van der Waals surface area contributed by atoms with Crippen LogP contribution in [-0.2, 0) is 4.79 Å². The normalized spacial score (nSPS) is 14.7. The van der Waals surface area contributed by atoms with E-state index in [0.29, 0.717) is 11.4 Å². The van der Waals surface area contributed by atoms with E-state index in [4.69, 9.17) is 17.3 Å². The molecule has 0 heterocycles. The van der Waals surface area contributed by atoms with Crippen LogP contribution in [0.2, 0.25) is 5.02 Å². The first-order valence-electron chi connectivity index (χ1n) is 7.04. The van der Waals surface area contributed by atoms with Gasteiger partial charge in [-0.3, -0.25) is 4.79 Å². The van der Waals surface area contributed by atoms with E-state index in [1.165, 1.54) is 0 Å². The van der Waals surface area contributed by atoms with Gasteiger partial charge in [0.2, 0.25) is 5.91 Å². The number of hydrogen-bond acceptors (Lipinski definition) is 2. The lowest BCUT2D eigenvalue weighted by Crippen LogP contribution is -2.40. The number of nitrogens with two attached hydrogens (primary N) is 1. The van der Waals surface area contributed by atoms with Gasteiger partial charge in [0.05, 0.1) is 6.04 Å². The zero-order valence-electron chi connectivity index (χ0n) is 12.7. The molecular formula is C16H25ClN2O. The third kappa shape index (κ3) is 5.14. The molecule has 0 saturated carbocycles. The summed E-state index contributed by atoms with van der Waals surface area (Å²) < 4.78 is 0. The SMILES string of the molecule is CCC(NC(=O)CC(N)C(C)(C)C)c1ccc(Cl)cc1. The Labute approximate surface area is 126 Å². The van der Waals surface area contributed by atoms with Crippen LogP contribution in [0.5, 0.6) is 0 Å². The molecule has 2 atom stereocenters. The topological polar surface area (TPSA) is 55.1 Å². The van der Waals surface area contributed by atoms with E-state index >= 15 is 0 Å². The summed E-state index contributed by atoms with van der Waals surface area (Å²) in [6.45, 7) is 8.17. The van der Waals surface area contributed by atoms with Crippen molar-refractivity contribution >= 4 is 17.5 Å². The maximum Gasteiger partial charge on any atom is 0.222 e. The number of hydrogen-bond donors (Lipinski definition) is 2. The van der Waals surface area contributed by atoms with Crippen molar-refractivity contribution in [3.63, 3.8) is 0 Å². The van der Waals surface area contributed by atoms with Gasteiger partial charge in [-0.15, -0.1) is 0 Å². The van der Waals surface area contributed by atoms with Gasteiger partial charge in [-0.1, -0.05) is 51.4 Å². The van der Waals surface area contributed by atoms with Crippen LogP contribution in [0.25, 0.3) is 0 Å². The fraction of sp³-hybridized carbons (Fsp3) is 0.562. The molecule has 2 unspecified atom stereocenters. The number of amides is 1. The molecule has 0 saturated heterocycles. The third-order valence-corrected chi connectivity index (χ3v) is 3.79. The number of benzene rings is 1. The Hall–Kier alpha value is -1.06. The molecule has 0 radical (unpaired) electrons. The Kier molecular flexibility index (Phi) is 6.03. The summed E-state index contributed by atoms with van der Waals surface area (Å²) in [5, 5.41) is 3.74. The van der Waals surface area contributed by atoms with Gasteiger partial charge < -0.3 is 11.1 Å². The van der Waals surface area contributed by atoms with Crippen molar-refractivity contribution in [2.24, 2.45) is 11.1 Å². The van der Waals surface area contributed by atoms with E-state index < -0.39 is 0 Å². The van der Waals surface area contributed by atoms with Crippen molar-refractivity contribution in [3.05, 3.63) is 34.9 Å². The highest BCUT2D eigenvalue weighted by Crippen LogP contribution is 2.22. The van der Waals surface area contributed by atoms with Crippen LogP contribution in [0.4, 0.5) is 0 Å². The molecule has 0 aliphatic carbocycles. The molecule has 0 aliphatic heterocycles. The van der Waals surface area contributed by atoms with Gasteiger partial charge in [-0.2, -0.15) is 0 Å². The van der Waals surface area contributed by atoms with E-state index in [2.05, 4.69) is 5.32 Å². The number of rotatable bonds is 5. The minimum Gasteiger partial charge on any atom is -0.349 e. The second-order valence-corrected chi connectivity index (χ2v) is 6.69. The fourth-order valence-corrected chi connectivity index (χ4v) is 2.00. The Bertz CT molecular complexity index is 437. The second kappa shape index (κ2) is 7.09. The first-order valence-corrected chi connectivity index (χ1v) is 7.42. The smallest absolute Gasteiger partial charge is 0.222 e. The first kappa shape index (κ1) is 17.0. The number of carbonyl (C=O) groups excluding carboxylic acids is 1. The van der Waals surface area contributed by atoms with Crippen LogP contribution in [0.1, 0.15) is 52.1 Å². The summed E-state index contributed by atoms with van der Waals surface area (Å²) in [6, 6.07) is 7.43. The van der Waals surface area contributed by atoms with E-state index in [0.717, 1.165) is 12.0 Å². The van der Waals surface area contributed by atoms with Gasteiger partial charge in [0, 0.05) is 17.5 Å². The monoisotopic (exact) mass is 296 g/mol. The minimum atomic E-state index is -0.148. The van der Waals surface area contributed by atoms with Crippen molar-refractivity contribution in [2.75, 3.05) is 0 Å². The molecule has 20 heavy (non-hydrogen) atoms. The maximum atomic E-state index is 12.1. The highest BCUT2D eigenvalue weighted by Gasteiger charge is 2.24. The lowest BCUT2D eigenvalue weighted by molar-refractivity contribution is -0.122. The molecule has 1 aromatic carbocycles. The number of carbonyl (C=O) groups is 1. The third-order valence-electron chi connectivity index (χ3n) is 3.53. The highest BCUT2D eigenvalue weighted by atomic mass is 35.5. The molecule has 1 rings (SSSR count). The Balaban J connectivity index is 2.65. The van der Waals surface area contributed by atoms with E-state index in [-0.39, 0.29) is 23.4 Å². The Morgan fingerprint density at radius 2 is 1.85 bits per heavy atom. The molecule has 0 fully saturated rings. The lowest BCUT2D eigenvalue weighted by atomic mass is 9.85. The second-order valence-electron chi connectivity index (χ2n) is 6.26. The quantitative estimate of drug-likeness (QED) is 0.871. The zero-order chi connectivity index (χ0) is 15.3. The number of nitrogens with one attached hydrogen (secondary N) is 1. The van der Waals surface area contributed by atoms with Gasteiger partial charge in [0.25, 0.3) is 0 Å². The van der Waals surface area contributed by atoms with Crippen LogP contribution in [0, 0.1) is 5.41 Å². The molecule has 0 spiro atoms. The summed E-state index contributed by atoms with van der Waals surface area (Å²) >= 11 is 5.88. The van der Waals surface area contributed by atoms with Crippen LogP contribution in [0.15, 0.2) is 24.3 Å². The van der Waals surface area contributed by atoms with Gasteiger partial charge in [-0.25, -0.2) is 0 Å². The highest BCUT2D eigenvalue weighted by molar-refractivity contribution is 6.30. The zero-order valence-corrected chi connectivity index (χ0v) is 13.5. The number of halogens is 1. The van der Waals surface area contributed by atoms with Gasteiger partial charge in [-0.05, 0) is 29.5 Å². The Morgan fingerprint density at radius 1 is 1.30 bits per heavy atom. The van der Waals surface area contributed by atoms with Gasteiger partial charge in [0.1, 0.15) is 0 Å². The van der Waals surface area contributed by atoms with Crippen molar-refractivity contribution in [1.29, 1.82) is 0 Å². The standard InChI is InChI=1S/C16H25ClN2O/c1-5-13(11-6-8-12(17)9-7-11)19-15(20)10-14(18)16(2,3)4/h6-9,13-14H,5,10,18H2,1-4H3,(H,19,20). The van der Waals surface area contributed by atoms with E-state index in [1.54, 1.807) is 0 Å². The Morgan fingerprint density at radius 3 is 2.30 bits per heavy atom. The predicted molar refractivity (Wildman–Crippen MR) is 84.7 cm³/mol. The molecule has 3 nitrogen and oxygen atoms in total. The average molecular weight is 297 g/mol. The summed E-state index contributed by atoms with van der Waals surface area (Å²) in [5.41, 5.74) is 7.04.